The molecule has 3 heterocycles. The van der Waals surface area contributed by atoms with Crippen LogP contribution in [-0.4, -0.2) is 47.0 Å². The lowest BCUT2D eigenvalue weighted by molar-refractivity contribution is -0.139. The number of nitrogens with one attached hydrogen (secondary N) is 1. The van der Waals surface area contributed by atoms with E-state index in [1.165, 1.54) is 23.7 Å². The summed E-state index contributed by atoms with van der Waals surface area (Å²) in [5.74, 6) is 1.97. The molecule has 0 bridgehead atoms. The Balaban J connectivity index is 1.19. The lowest BCUT2D eigenvalue weighted by Gasteiger charge is -2.35. The molecule has 2 aromatic rings. The van der Waals surface area contributed by atoms with Crippen LogP contribution in [0.3, 0.4) is 0 Å². The van der Waals surface area contributed by atoms with Crippen molar-refractivity contribution in [3.8, 4) is 5.75 Å². The fraction of sp³-hybridized carbons (Fsp3) is 0.565. The van der Waals surface area contributed by atoms with E-state index in [9.17, 15) is 9.59 Å². The maximum atomic E-state index is 12.7. The summed E-state index contributed by atoms with van der Waals surface area (Å²) < 4.78 is 8.73. The first kappa shape index (κ1) is 18.5. The number of piperidine rings is 2. The second kappa shape index (κ2) is 7.73. The van der Waals surface area contributed by atoms with E-state index >= 15 is 0 Å². The number of fused-ring (bicyclic) bond motifs is 1. The summed E-state index contributed by atoms with van der Waals surface area (Å²) in [7, 11) is 0. The monoisotopic (exact) mass is 395 g/mol. The van der Waals surface area contributed by atoms with Gasteiger partial charge in [0, 0.05) is 57.0 Å². The van der Waals surface area contributed by atoms with Gasteiger partial charge >= 0.3 is 0 Å². The summed E-state index contributed by atoms with van der Waals surface area (Å²) in [6.45, 7) is 3.04. The highest BCUT2D eigenvalue weighted by molar-refractivity contribution is 5.86. The van der Waals surface area contributed by atoms with Crippen LogP contribution in [0.15, 0.2) is 30.5 Å². The molecule has 3 aliphatic rings. The van der Waals surface area contributed by atoms with E-state index in [4.69, 9.17) is 4.74 Å². The van der Waals surface area contributed by atoms with Crippen LogP contribution in [0.2, 0.25) is 0 Å². The zero-order chi connectivity index (χ0) is 19.8. The molecule has 154 valence electrons. The van der Waals surface area contributed by atoms with Crippen LogP contribution in [0.4, 0.5) is 0 Å². The van der Waals surface area contributed by atoms with Gasteiger partial charge in [0.2, 0.25) is 11.8 Å². The largest absolute Gasteiger partial charge is 0.490 e. The molecule has 6 heteroatoms. The molecule has 1 saturated carbocycles. The number of ether oxygens (including phenoxy) is 1. The highest BCUT2D eigenvalue weighted by Crippen LogP contribution is 2.34. The lowest BCUT2D eigenvalue weighted by atomic mass is 9.96. The van der Waals surface area contributed by atoms with Gasteiger partial charge in [0.1, 0.15) is 11.9 Å². The number of hydrogen-bond acceptors (Lipinski definition) is 3. The molecule has 3 fully saturated rings. The SMILES string of the molecule is O=C1CCC(C(=O)N2CCC(Oc3cccc4c3ccn4CC3CC3)CC2)CN1. The van der Waals surface area contributed by atoms with Crippen molar-refractivity contribution < 1.29 is 14.3 Å². The Morgan fingerprint density at radius 1 is 1.10 bits per heavy atom. The Bertz CT molecular complexity index is 899. The summed E-state index contributed by atoms with van der Waals surface area (Å²) in [5.41, 5.74) is 1.25. The van der Waals surface area contributed by atoms with E-state index < -0.39 is 0 Å². The number of hydrogen-bond donors (Lipinski definition) is 1. The molecule has 1 N–H and O–H groups in total. The van der Waals surface area contributed by atoms with E-state index in [-0.39, 0.29) is 23.8 Å². The number of carbonyl (C=O) groups is 2. The van der Waals surface area contributed by atoms with Crippen LogP contribution in [-0.2, 0) is 16.1 Å². The highest BCUT2D eigenvalue weighted by atomic mass is 16.5. The van der Waals surface area contributed by atoms with Gasteiger partial charge in [-0.2, -0.15) is 0 Å². The molecule has 29 heavy (non-hydrogen) atoms. The predicted octanol–water partition coefficient (Wildman–Crippen LogP) is 2.95. The summed E-state index contributed by atoms with van der Waals surface area (Å²) >= 11 is 0. The topological polar surface area (TPSA) is 63.6 Å². The number of rotatable bonds is 5. The molecule has 1 unspecified atom stereocenters. The van der Waals surface area contributed by atoms with Crippen LogP contribution in [0, 0.1) is 11.8 Å². The standard InChI is InChI=1S/C23H29N3O3/c27-22-7-6-17(14-24-22)23(28)25-11-8-18(9-12-25)29-21-3-1-2-20-19(21)10-13-26(20)15-16-4-5-16/h1-3,10,13,16-18H,4-9,11-12,14-15H2,(H,24,27). The fourth-order valence-corrected chi connectivity index (χ4v) is 4.61. The molecule has 1 atom stereocenters. The van der Waals surface area contributed by atoms with Crippen molar-refractivity contribution in [3.05, 3.63) is 30.5 Å². The van der Waals surface area contributed by atoms with Crippen molar-refractivity contribution >= 4 is 22.7 Å². The van der Waals surface area contributed by atoms with Crippen LogP contribution in [0.25, 0.3) is 10.9 Å². The fourth-order valence-electron chi connectivity index (χ4n) is 4.61. The van der Waals surface area contributed by atoms with Gasteiger partial charge in [-0.3, -0.25) is 9.59 Å². The summed E-state index contributed by atoms with van der Waals surface area (Å²) in [5, 5.41) is 4.00. The highest BCUT2D eigenvalue weighted by Gasteiger charge is 2.31. The molecule has 5 rings (SSSR count). The maximum absolute atomic E-state index is 12.7. The first-order valence-corrected chi connectivity index (χ1v) is 11.0. The number of benzene rings is 1. The average Bonchev–Trinajstić information content (AvgIpc) is 3.47. The average molecular weight is 396 g/mol. The zero-order valence-corrected chi connectivity index (χ0v) is 16.8. The second-order valence-electron chi connectivity index (χ2n) is 8.78. The molecule has 0 radical (unpaired) electrons. The minimum Gasteiger partial charge on any atom is -0.490 e. The van der Waals surface area contributed by atoms with Crippen molar-refractivity contribution in [2.45, 2.75) is 51.2 Å². The van der Waals surface area contributed by atoms with E-state index in [0.29, 0.717) is 19.4 Å². The van der Waals surface area contributed by atoms with Gasteiger partial charge in [0.25, 0.3) is 0 Å². The van der Waals surface area contributed by atoms with Gasteiger partial charge < -0.3 is 19.5 Å². The molecular weight excluding hydrogens is 366 g/mol. The van der Waals surface area contributed by atoms with Gasteiger partial charge in [-0.15, -0.1) is 0 Å². The molecule has 2 amide bonds. The Morgan fingerprint density at radius 2 is 1.93 bits per heavy atom. The van der Waals surface area contributed by atoms with E-state index in [1.807, 2.05) is 4.90 Å². The van der Waals surface area contributed by atoms with Crippen molar-refractivity contribution in [2.75, 3.05) is 19.6 Å². The Labute approximate surface area is 171 Å². The molecular formula is C23H29N3O3. The number of nitrogens with zero attached hydrogens (tertiary/aromatic N) is 2. The Kier molecular flexibility index (Phi) is 4.94. The summed E-state index contributed by atoms with van der Waals surface area (Å²) in [6, 6.07) is 8.49. The number of aromatic nitrogens is 1. The van der Waals surface area contributed by atoms with E-state index in [0.717, 1.165) is 44.1 Å². The van der Waals surface area contributed by atoms with Crippen molar-refractivity contribution in [1.82, 2.24) is 14.8 Å². The molecule has 1 aromatic carbocycles. The number of carbonyl (C=O) groups excluding carboxylic acids is 2. The first-order valence-electron chi connectivity index (χ1n) is 11.0. The summed E-state index contributed by atoms with van der Waals surface area (Å²) in [6.07, 6.45) is 7.85. The summed E-state index contributed by atoms with van der Waals surface area (Å²) in [4.78, 5) is 26.0. The second-order valence-corrected chi connectivity index (χ2v) is 8.78. The van der Waals surface area contributed by atoms with Gasteiger partial charge in [-0.1, -0.05) is 6.07 Å². The molecule has 6 nitrogen and oxygen atoms in total. The third-order valence-corrected chi connectivity index (χ3v) is 6.59. The van der Waals surface area contributed by atoms with Crippen LogP contribution in [0.5, 0.6) is 5.75 Å². The van der Waals surface area contributed by atoms with Crippen LogP contribution >= 0.6 is 0 Å². The minimum atomic E-state index is -0.0647. The third-order valence-electron chi connectivity index (χ3n) is 6.59. The molecule has 2 aliphatic heterocycles. The normalized spacial score (nSPS) is 23.2. The first-order chi connectivity index (χ1) is 14.2. The quantitative estimate of drug-likeness (QED) is 0.847. The lowest BCUT2D eigenvalue weighted by Crippen LogP contribution is -2.48. The molecule has 0 spiro atoms. The smallest absolute Gasteiger partial charge is 0.227 e. The minimum absolute atomic E-state index is 0.0568. The molecule has 1 aliphatic carbocycles. The number of likely N-dealkylation sites (tertiary alicyclic amines) is 1. The van der Waals surface area contributed by atoms with Gasteiger partial charge in [0.05, 0.1) is 11.4 Å². The van der Waals surface area contributed by atoms with E-state index in [2.05, 4.69) is 40.3 Å². The maximum Gasteiger partial charge on any atom is 0.227 e. The Morgan fingerprint density at radius 3 is 2.66 bits per heavy atom. The van der Waals surface area contributed by atoms with Crippen LogP contribution in [0.1, 0.15) is 38.5 Å². The van der Waals surface area contributed by atoms with Gasteiger partial charge in [0.15, 0.2) is 0 Å². The van der Waals surface area contributed by atoms with Crippen molar-refractivity contribution in [2.24, 2.45) is 11.8 Å². The van der Waals surface area contributed by atoms with Gasteiger partial charge in [-0.25, -0.2) is 0 Å². The third kappa shape index (κ3) is 3.98. The van der Waals surface area contributed by atoms with Crippen molar-refractivity contribution in [3.63, 3.8) is 0 Å². The van der Waals surface area contributed by atoms with Crippen molar-refractivity contribution in [1.29, 1.82) is 0 Å². The molecule has 2 saturated heterocycles. The van der Waals surface area contributed by atoms with Crippen LogP contribution < -0.4 is 10.1 Å². The van der Waals surface area contributed by atoms with E-state index in [1.54, 1.807) is 0 Å². The molecule has 1 aromatic heterocycles. The zero-order valence-electron chi connectivity index (χ0n) is 16.8. The number of amides is 2. The van der Waals surface area contributed by atoms with Gasteiger partial charge in [-0.05, 0) is 43.4 Å². The predicted molar refractivity (Wildman–Crippen MR) is 111 cm³/mol. The Hall–Kier alpha value is -2.50.